The topological polar surface area (TPSA) is 86.8 Å². The first kappa shape index (κ1) is 26.9. The van der Waals surface area contributed by atoms with Gasteiger partial charge in [0.05, 0.1) is 11.8 Å². The molecule has 1 fully saturated rings. The van der Waals surface area contributed by atoms with E-state index in [1.54, 1.807) is 18.2 Å². The molecule has 0 aromatic heterocycles. The molecule has 194 valence electrons. The molecule has 1 aliphatic heterocycles. The minimum Gasteiger partial charge on any atom is -0.357 e. The maximum Gasteiger partial charge on any atom is 0.242 e. The molecule has 0 spiro atoms. The third kappa shape index (κ3) is 6.05. The van der Waals surface area contributed by atoms with Crippen molar-refractivity contribution in [2.45, 2.75) is 38.3 Å². The van der Waals surface area contributed by atoms with Crippen molar-refractivity contribution in [1.29, 1.82) is 0 Å². The van der Waals surface area contributed by atoms with Gasteiger partial charge in [0.2, 0.25) is 23.6 Å². The molecule has 2 aliphatic rings. The Kier molecular flexibility index (Phi) is 8.67. The maximum absolute atomic E-state index is 13.7. The Morgan fingerprint density at radius 2 is 1.68 bits per heavy atom. The van der Waals surface area contributed by atoms with E-state index in [1.165, 1.54) is 16.8 Å². The second-order valence-electron chi connectivity index (χ2n) is 9.31. The molecule has 1 N–H and O–H groups in total. The van der Waals surface area contributed by atoms with E-state index in [-0.39, 0.29) is 61.4 Å². The molecule has 0 radical (unpaired) electrons. The molecule has 37 heavy (non-hydrogen) atoms. The molecule has 3 atom stereocenters. The molecule has 2 aromatic rings. The van der Waals surface area contributed by atoms with E-state index in [4.69, 9.17) is 23.2 Å². The van der Waals surface area contributed by atoms with E-state index >= 15 is 0 Å². The molecule has 2 aromatic carbocycles. The first-order valence-corrected chi connectivity index (χ1v) is 13.0. The van der Waals surface area contributed by atoms with Gasteiger partial charge in [-0.1, -0.05) is 71.8 Å². The fourth-order valence-electron chi connectivity index (χ4n) is 4.99. The van der Waals surface area contributed by atoms with E-state index in [9.17, 15) is 19.2 Å². The molecule has 1 aliphatic carbocycles. The molecule has 1 unspecified atom stereocenters. The van der Waals surface area contributed by atoms with Crippen molar-refractivity contribution in [3.63, 3.8) is 0 Å². The van der Waals surface area contributed by atoms with E-state index in [0.29, 0.717) is 28.5 Å². The van der Waals surface area contributed by atoms with Crippen LogP contribution in [0.3, 0.4) is 0 Å². The van der Waals surface area contributed by atoms with E-state index in [0.717, 1.165) is 5.56 Å². The number of carbonyl (C=O) groups is 4. The van der Waals surface area contributed by atoms with Crippen LogP contribution in [0.5, 0.6) is 0 Å². The van der Waals surface area contributed by atoms with Gasteiger partial charge in [-0.25, -0.2) is 0 Å². The summed E-state index contributed by atoms with van der Waals surface area (Å²) in [7, 11) is 1.52. The number of nitrogens with one attached hydrogen (secondary N) is 1. The van der Waals surface area contributed by atoms with Crippen molar-refractivity contribution < 1.29 is 19.2 Å². The van der Waals surface area contributed by atoms with Crippen LogP contribution in [-0.4, -0.2) is 53.1 Å². The molecule has 0 saturated carbocycles. The lowest BCUT2D eigenvalue weighted by molar-refractivity contribution is -0.144. The van der Waals surface area contributed by atoms with Crippen molar-refractivity contribution in [2.24, 2.45) is 11.8 Å². The molecular formula is C28H29Cl2N3O4. The van der Waals surface area contributed by atoms with Crippen LogP contribution in [0.2, 0.25) is 10.0 Å². The van der Waals surface area contributed by atoms with Gasteiger partial charge in [-0.2, -0.15) is 0 Å². The van der Waals surface area contributed by atoms with E-state index in [1.807, 2.05) is 42.5 Å². The van der Waals surface area contributed by atoms with E-state index in [2.05, 4.69) is 5.32 Å². The van der Waals surface area contributed by atoms with E-state index < -0.39 is 6.04 Å². The van der Waals surface area contributed by atoms with Gasteiger partial charge < -0.3 is 10.2 Å². The Morgan fingerprint density at radius 3 is 2.27 bits per heavy atom. The lowest BCUT2D eigenvalue weighted by atomic mass is 9.85. The van der Waals surface area contributed by atoms with Crippen LogP contribution in [-0.2, 0) is 32.1 Å². The van der Waals surface area contributed by atoms with Crippen LogP contribution in [0.25, 0.3) is 0 Å². The normalized spacial score (nSPS) is 19.5. The maximum atomic E-state index is 13.7. The SMILES string of the molecule is CNC(=O)C(Cc1ccccc1)N(Cc1ccc(Cl)cc1Cl)C(=O)CCN1C(=O)[C@H]2CC=CC[C@H]2C1=O. The third-order valence-corrected chi connectivity index (χ3v) is 7.61. The summed E-state index contributed by atoms with van der Waals surface area (Å²) in [6.45, 7) is 0.0387. The monoisotopic (exact) mass is 541 g/mol. The summed E-state index contributed by atoms with van der Waals surface area (Å²) < 4.78 is 0. The number of benzene rings is 2. The highest BCUT2D eigenvalue weighted by Crippen LogP contribution is 2.35. The molecule has 1 heterocycles. The number of allylic oxidation sites excluding steroid dienone is 2. The predicted molar refractivity (Wildman–Crippen MR) is 142 cm³/mol. The molecule has 7 nitrogen and oxygen atoms in total. The molecule has 4 amide bonds. The molecule has 1 saturated heterocycles. The number of amides is 4. The summed E-state index contributed by atoms with van der Waals surface area (Å²) in [4.78, 5) is 55.2. The highest BCUT2D eigenvalue weighted by atomic mass is 35.5. The minimum absolute atomic E-state index is 0.0276. The Bertz CT molecular complexity index is 1190. The van der Waals surface area contributed by atoms with Crippen LogP contribution >= 0.6 is 23.2 Å². The summed E-state index contributed by atoms with van der Waals surface area (Å²) >= 11 is 12.5. The third-order valence-electron chi connectivity index (χ3n) is 7.02. The molecule has 4 rings (SSSR count). The molecule has 9 heteroatoms. The van der Waals surface area contributed by atoms with Crippen LogP contribution in [0, 0.1) is 11.8 Å². The number of carbonyl (C=O) groups excluding carboxylic acids is 4. The van der Waals surface area contributed by atoms with Gasteiger partial charge in [0.1, 0.15) is 6.04 Å². The predicted octanol–water partition coefficient (Wildman–Crippen LogP) is 4.02. The first-order valence-electron chi connectivity index (χ1n) is 12.3. The van der Waals surface area contributed by atoms with Crippen molar-refractivity contribution in [3.8, 4) is 0 Å². The van der Waals surface area contributed by atoms with Crippen molar-refractivity contribution in [3.05, 3.63) is 81.9 Å². The number of rotatable bonds is 9. The second-order valence-corrected chi connectivity index (χ2v) is 10.2. The van der Waals surface area contributed by atoms with Gasteiger partial charge in [-0.05, 0) is 36.1 Å². The standard InChI is InChI=1S/C28H29Cl2N3O4/c1-31-26(35)24(15-18-7-3-2-4-8-18)33(17-19-11-12-20(29)16-23(19)30)25(34)13-14-32-27(36)21-9-5-6-10-22(21)28(32)37/h2-8,11-12,16,21-22,24H,9-10,13-15,17H2,1H3,(H,31,35)/t21-,22+,24?. The zero-order chi connectivity index (χ0) is 26.5. The van der Waals surface area contributed by atoms with Gasteiger partial charge in [0, 0.05) is 43.0 Å². The van der Waals surface area contributed by atoms with Crippen molar-refractivity contribution in [2.75, 3.05) is 13.6 Å². The number of imide groups is 1. The largest absolute Gasteiger partial charge is 0.357 e. The fourth-order valence-corrected chi connectivity index (χ4v) is 5.46. The Hall–Kier alpha value is -3.16. The van der Waals surface area contributed by atoms with Crippen LogP contribution in [0.4, 0.5) is 0 Å². The number of halogens is 2. The number of fused-ring (bicyclic) bond motifs is 1. The highest BCUT2D eigenvalue weighted by molar-refractivity contribution is 6.35. The molecule has 0 bridgehead atoms. The average Bonchev–Trinajstić information content (AvgIpc) is 3.15. The van der Waals surface area contributed by atoms with Gasteiger partial charge in [-0.3, -0.25) is 24.1 Å². The Labute approximate surface area is 226 Å². The lowest BCUT2D eigenvalue weighted by Crippen LogP contribution is -2.50. The highest BCUT2D eigenvalue weighted by Gasteiger charge is 2.47. The van der Waals surface area contributed by atoms with Gasteiger partial charge in [0.25, 0.3) is 0 Å². The number of hydrogen-bond acceptors (Lipinski definition) is 4. The fraction of sp³-hybridized carbons (Fsp3) is 0.357. The minimum atomic E-state index is -0.830. The van der Waals surface area contributed by atoms with Crippen LogP contribution in [0.1, 0.15) is 30.4 Å². The second kappa shape index (κ2) is 11.9. The summed E-state index contributed by atoms with van der Waals surface area (Å²) in [6.07, 6.45) is 5.12. The number of likely N-dealkylation sites (N-methyl/N-ethyl adjacent to an activating group) is 1. The van der Waals surface area contributed by atoms with Crippen LogP contribution < -0.4 is 5.32 Å². The number of hydrogen-bond donors (Lipinski definition) is 1. The quantitative estimate of drug-likeness (QED) is 0.383. The van der Waals surface area contributed by atoms with Gasteiger partial charge >= 0.3 is 0 Å². The Balaban J connectivity index is 1.58. The summed E-state index contributed by atoms with van der Waals surface area (Å²) in [5.74, 6) is -1.85. The smallest absolute Gasteiger partial charge is 0.242 e. The van der Waals surface area contributed by atoms with Crippen molar-refractivity contribution >= 4 is 46.8 Å². The summed E-state index contributed by atoms with van der Waals surface area (Å²) in [6, 6.07) is 13.6. The Morgan fingerprint density at radius 1 is 1.03 bits per heavy atom. The van der Waals surface area contributed by atoms with Crippen LogP contribution in [0.15, 0.2) is 60.7 Å². The average molecular weight is 542 g/mol. The summed E-state index contributed by atoms with van der Waals surface area (Å²) in [5, 5.41) is 3.50. The molecular weight excluding hydrogens is 513 g/mol. The van der Waals surface area contributed by atoms with Gasteiger partial charge in [0.15, 0.2) is 0 Å². The number of nitrogens with zero attached hydrogens (tertiary/aromatic N) is 2. The summed E-state index contributed by atoms with van der Waals surface area (Å²) in [5.41, 5.74) is 1.52. The number of likely N-dealkylation sites (tertiary alicyclic amines) is 1. The lowest BCUT2D eigenvalue weighted by Gasteiger charge is -2.32. The zero-order valence-electron chi connectivity index (χ0n) is 20.5. The zero-order valence-corrected chi connectivity index (χ0v) is 22.0. The first-order chi connectivity index (χ1) is 17.8. The van der Waals surface area contributed by atoms with Crippen molar-refractivity contribution in [1.82, 2.24) is 15.1 Å². The van der Waals surface area contributed by atoms with Gasteiger partial charge in [-0.15, -0.1) is 0 Å².